The standard InChI is InChI=1S/C29H24F2N2O4S.C2HF3O2/c1-38-27-15-26(31)25(30)14-24(27)20-8-10-23(11-9-20)37-18-19-5-4-6-21(13-19)29(36)33(17-28(34)35)16-22-7-2-3-12-32-22;3-2(4,5)1(6)7/h2-15H,16-18H2,1H3,(H,34,35);(H,6,7). The number of pyridine rings is 1. The molecule has 0 saturated heterocycles. The van der Waals surface area contributed by atoms with E-state index in [4.69, 9.17) is 14.6 Å². The summed E-state index contributed by atoms with van der Waals surface area (Å²) in [6.07, 6.45) is -1.70. The highest BCUT2D eigenvalue weighted by Crippen LogP contribution is 2.33. The van der Waals surface area contributed by atoms with Crippen LogP contribution < -0.4 is 4.74 Å². The first-order chi connectivity index (χ1) is 21.3. The van der Waals surface area contributed by atoms with Crippen LogP contribution in [0, 0.1) is 11.6 Å². The summed E-state index contributed by atoms with van der Waals surface area (Å²) in [5.74, 6) is -5.55. The van der Waals surface area contributed by atoms with E-state index < -0.39 is 42.2 Å². The van der Waals surface area contributed by atoms with E-state index in [1.54, 1.807) is 79.2 Å². The summed E-state index contributed by atoms with van der Waals surface area (Å²) in [6.45, 7) is -0.227. The zero-order valence-corrected chi connectivity index (χ0v) is 24.2. The van der Waals surface area contributed by atoms with Crippen LogP contribution in [0.4, 0.5) is 22.0 Å². The van der Waals surface area contributed by atoms with E-state index >= 15 is 0 Å². The molecule has 45 heavy (non-hydrogen) atoms. The predicted molar refractivity (Wildman–Crippen MR) is 155 cm³/mol. The van der Waals surface area contributed by atoms with Crippen LogP contribution in [-0.2, 0) is 22.7 Å². The van der Waals surface area contributed by atoms with Gasteiger partial charge in [0.15, 0.2) is 11.6 Å². The van der Waals surface area contributed by atoms with Gasteiger partial charge in [-0.2, -0.15) is 13.2 Å². The van der Waals surface area contributed by atoms with Gasteiger partial charge in [0, 0.05) is 16.7 Å². The smallest absolute Gasteiger partial charge is 0.489 e. The van der Waals surface area contributed by atoms with Crippen molar-refractivity contribution in [1.82, 2.24) is 9.88 Å². The molecule has 0 atom stereocenters. The van der Waals surface area contributed by atoms with Crippen molar-refractivity contribution < 1.29 is 51.3 Å². The Morgan fingerprint density at radius 1 is 0.911 bits per heavy atom. The Morgan fingerprint density at radius 2 is 1.58 bits per heavy atom. The highest BCUT2D eigenvalue weighted by molar-refractivity contribution is 7.98. The Morgan fingerprint density at radius 3 is 2.16 bits per heavy atom. The van der Waals surface area contributed by atoms with E-state index in [9.17, 15) is 36.6 Å². The molecule has 4 aromatic rings. The van der Waals surface area contributed by atoms with E-state index in [1.165, 1.54) is 28.8 Å². The van der Waals surface area contributed by atoms with Gasteiger partial charge in [0.1, 0.15) is 18.9 Å². The van der Waals surface area contributed by atoms with Crippen LogP contribution in [0.15, 0.2) is 90.0 Å². The molecule has 1 heterocycles. The maximum atomic E-state index is 13.8. The number of ether oxygens (including phenoxy) is 1. The van der Waals surface area contributed by atoms with Crippen LogP contribution in [-0.4, -0.2) is 56.9 Å². The third-order valence-corrected chi connectivity index (χ3v) is 6.70. The van der Waals surface area contributed by atoms with Gasteiger partial charge in [0.05, 0.1) is 12.2 Å². The molecule has 0 fully saturated rings. The van der Waals surface area contributed by atoms with Gasteiger partial charge in [-0.05, 0) is 71.5 Å². The number of carboxylic acids is 2. The number of aromatic nitrogens is 1. The monoisotopic (exact) mass is 648 g/mol. The number of hydrogen-bond donors (Lipinski definition) is 2. The fourth-order valence-corrected chi connectivity index (χ4v) is 4.47. The van der Waals surface area contributed by atoms with Gasteiger partial charge >= 0.3 is 18.1 Å². The molecule has 3 aromatic carbocycles. The second-order valence-corrected chi connectivity index (χ2v) is 10.0. The van der Waals surface area contributed by atoms with E-state index in [0.717, 1.165) is 11.1 Å². The summed E-state index contributed by atoms with van der Waals surface area (Å²) >= 11 is 1.33. The van der Waals surface area contributed by atoms with Crippen molar-refractivity contribution in [3.05, 3.63) is 114 Å². The number of carboxylic acid groups (broad SMARTS) is 2. The highest BCUT2D eigenvalue weighted by atomic mass is 32.2. The van der Waals surface area contributed by atoms with Crippen LogP contribution in [0.2, 0.25) is 0 Å². The Bertz CT molecular complexity index is 1640. The summed E-state index contributed by atoms with van der Waals surface area (Å²) < 4.78 is 65.0. The number of carbonyl (C=O) groups excluding carboxylic acids is 1. The molecule has 1 amide bonds. The number of hydrogen-bond acceptors (Lipinski definition) is 6. The molecular weight excluding hydrogens is 623 g/mol. The van der Waals surface area contributed by atoms with Crippen LogP contribution >= 0.6 is 11.8 Å². The summed E-state index contributed by atoms with van der Waals surface area (Å²) in [4.78, 5) is 39.4. The molecular formula is C31H25F5N2O6S. The van der Waals surface area contributed by atoms with Crippen molar-refractivity contribution in [2.45, 2.75) is 24.2 Å². The summed E-state index contributed by atoms with van der Waals surface area (Å²) in [6, 6.07) is 21.4. The third kappa shape index (κ3) is 10.3. The molecule has 0 aliphatic rings. The second kappa shape index (κ2) is 15.7. The number of aliphatic carboxylic acids is 2. The minimum atomic E-state index is -5.08. The molecule has 0 bridgehead atoms. The first-order valence-corrected chi connectivity index (χ1v) is 14.1. The maximum Gasteiger partial charge on any atom is 0.490 e. The average molecular weight is 649 g/mol. The van der Waals surface area contributed by atoms with Crippen molar-refractivity contribution in [1.29, 1.82) is 0 Å². The predicted octanol–water partition coefficient (Wildman–Crippen LogP) is 6.69. The van der Waals surface area contributed by atoms with Gasteiger partial charge in [-0.1, -0.05) is 30.3 Å². The lowest BCUT2D eigenvalue weighted by molar-refractivity contribution is -0.192. The largest absolute Gasteiger partial charge is 0.490 e. The van der Waals surface area contributed by atoms with E-state index in [2.05, 4.69) is 4.98 Å². The minimum Gasteiger partial charge on any atom is -0.489 e. The quantitative estimate of drug-likeness (QED) is 0.144. The molecule has 2 N–H and O–H groups in total. The number of nitrogens with zero attached hydrogens (tertiary/aromatic N) is 2. The molecule has 14 heteroatoms. The molecule has 0 aliphatic heterocycles. The van der Waals surface area contributed by atoms with Crippen LogP contribution in [0.3, 0.4) is 0 Å². The zero-order valence-electron chi connectivity index (χ0n) is 23.4. The van der Waals surface area contributed by atoms with Crippen LogP contribution in [0.5, 0.6) is 5.75 Å². The van der Waals surface area contributed by atoms with Crippen LogP contribution in [0.25, 0.3) is 11.1 Å². The number of carbonyl (C=O) groups is 3. The minimum absolute atomic E-state index is 0.0647. The summed E-state index contributed by atoms with van der Waals surface area (Å²) in [5.41, 5.74) is 2.95. The normalized spacial score (nSPS) is 10.8. The van der Waals surface area contributed by atoms with Crippen molar-refractivity contribution in [3.63, 3.8) is 0 Å². The highest BCUT2D eigenvalue weighted by Gasteiger charge is 2.38. The Balaban J connectivity index is 0.000000707. The average Bonchev–Trinajstić information content (AvgIpc) is 3.01. The molecule has 236 valence electrons. The number of rotatable bonds is 10. The van der Waals surface area contributed by atoms with E-state index in [1.807, 2.05) is 0 Å². The van der Waals surface area contributed by atoms with Gasteiger partial charge in [0.2, 0.25) is 0 Å². The number of thioether (sulfide) groups is 1. The molecule has 4 rings (SSSR count). The lowest BCUT2D eigenvalue weighted by Crippen LogP contribution is -2.35. The Hall–Kier alpha value is -4.98. The van der Waals surface area contributed by atoms with E-state index in [-0.39, 0.29) is 13.2 Å². The van der Waals surface area contributed by atoms with Gasteiger partial charge in [-0.3, -0.25) is 14.6 Å². The van der Waals surface area contributed by atoms with Crippen molar-refractivity contribution in [2.75, 3.05) is 12.8 Å². The number of benzene rings is 3. The lowest BCUT2D eigenvalue weighted by Gasteiger charge is -2.20. The molecule has 0 spiro atoms. The zero-order chi connectivity index (χ0) is 33.1. The Kier molecular flexibility index (Phi) is 12.0. The van der Waals surface area contributed by atoms with Gasteiger partial charge in [0.25, 0.3) is 5.91 Å². The van der Waals surface area contributed by atoms with Gasteiger partial charge in [-0.15, -0.1) is 11.8 Å². The number of amides is 1. The number of halogens is 5. The van der Waals surface area contributed by atoms with Crippen molar-refractivity contribution in [2.24, 2.45) is 0 Å². The Labute approximate surface area is 258 Å². The van der Waals surface area contributed by atoms with Crippen LogP contribution in [0.1, 0.15) is 21.6 Å². The maximum absolute atomic E-state index is 13.8. The second-order valence-electron chi connectivity index (χ2n) is 9.16. The molecule has 0 unspecified atom stereocenters. The van der Waals surface area contributed by atoms with Crippen molar-refractivity contribution in [3.8, 4) is 16.9 Å². The van der Waals surface area contributed by atoms with E-state index in [0.29, 0.717) is 27.5 Å². The topological polar surface area (TPSA) is 117 Å². The third-order valence-electron chi connectivity index (χ3n) is 5.92. The molecule has 0 aliphatic carbocycles. The first kappa shape index (κ1) is 34.5. The SMILES string of the molecule is CSc1cc(F)c(F)cc1-c1ccc(OCc2cccc(C(=O)N(CC(=O)O)Cc3ccccn3)c2)cc1.O=C(O)C(F)(F)F. The molecule has 1 aromatic heterocycles. The molecule has 8 nitrogen and oxygen atoms in total. The lowest BCUT2D eigenvalue weighted by atomic mass is 10.1. The fourth-order valence-electron chi connectivity index (χ4n) is 3.85. The van der Waals surface area contributed by atoms with Gasteiger partial charge in [-0.25, -0.2) is 13.6 Å². The summed E-state index contributed by atoms with van der Waals surface area (Å²) in [7, 11) is 0. The van der Waals surface area contributed by atoms with Gasteiger partial charge < -0.3 is 19.8 Å². The summed E-state index contributed by atoms with van der Waals surface area (Å²) in [5, 5.41) is 16.4. The first-order valence-electron chi connectivity index (χ1n) is 12.8. The van der Waals surface area contributed by atoms with Crippen molar-refractivity contribution >= 4 is 29.6 Å². The fraction of sp³-hybridized carbons (Fsp3) is 0.161. The number of alkyl halides is 3. The molecule has 0 saturated carbocycles. The molecule has 0 radical (unpaired) electrons.